The minimum atomic E-state index is -3.61. The third kappa shape index (κ3) is 4.44. The quantitative estimate of drug-likeness (QED) is 0.675. The molecule has 9 heteroatoms. The van der Waals surface area contributed by atoms with Crippen molar-refractivity contribution < 1.29 is 13.2 Å². The average Bonchev–Trinajstić information content (AvgIpc) is 3.04. The third-order valence-electron chi connectivity index (χ3n) is 3.71. The Labute approximate surface area is 151 Å². The van der Waals surface area contributed by atoms with Crippen LogP contribution < -0.4 is 9.46 Å². The molecule has 0 fully saturated rings. The van der Waals surface area contributed by atoms with Gasteiger partial charge in [-0.3, -0.25) is 9.67 Å². The molecule has 0 atom stereocenters. The molecule has 2 aromatic heterocycles. The van der Waals surface area contributed by atoms with Crippen molar-refractivity contribution in [3.63, 3.8) is 0 Å². The van der Waals surface area contributed by atoms with Crippen LogP contribution in [0.4, 0.5) is 0 Å². The van der Waals surface area contributed by atoms with Gasteiger partial charge in [0.1, 0.15) is 18.7 Å². The fourth-order valence-corrected chi connectivity index (χ4v) is 3.31. The molecule has 136 valence electrons. The maximum absolute atomic E-state index is 12.4. The van der Waals surface area contributed by atoms with E-state index in [-0.39, 0.29) is 18.0 Å². The van der Waals surface area contributed by atoms with Gasteiger partial charge in [-0.05, 0) is 42.3 Å². The van der Waals surface area contributed by atoms with E-state index in [2.05, 4.69) is 19.8 Å². The van der Waals surface area contributed by atoms with Crippen LogP contribution in [-0.4, -0.2) is 28.2 Å². The molecule has 1 aromatic carbocycles. The molecule has 0 radical (unpaired) electrons. The molecule has 0 unspecified atom stereocenters. The predicted octanol–water partition coefficient (Wildman–Crippen LogP) is 1.58. The summed E-state index contributed by atoms with van der Waals surface area (Å²) in [5, 5.41) is 3.96. The monoisotopic (exact) mass is 373 g/mol. The van der Waals surface area contributed by atoms with Crippen molar-refractivity contribution in [2.45, 2.75) is 25.0 Å². The Morgan fingerprint density at radius 3 is 2.62 bits per heavy atom. The molecular weight excluding hydrogens is 354 g/mol. The van der Waals surface area contributed by atoms with Gasteiger partial charge in [0, 0.05) is 26.0 Å². The number of nitrogens with one attached hydrogen (secondary N) is 1. The van der Waals surface area contributed by atoms with Gasteiger partial charge in [-0.15, -0.1) is 0 Å². The summed E-state index contributed by atoms with van der Waals surface area (Å²) < 4.78 is 34.6. The summed E-state index contributed by atoms with van der Waals surface area (Å²) in [6, 6.07) is 8.11. The fraction of sp³-hybridized carbons (Fsp3) is 0.235. The van der Waals surface area contributed by atoms with E-state index in [0.29, 0.717) is 11.6 Å². The zero-order valence-electron chi connectivity index (χ0n) is 14.5. The molecule has 2 heterocycles. The molecule has 3 rings (SSSR count). The number of sulfonamides is 1. The molecule has 0 spiro atoms. The van der Waals surface area contributed by atoms with Gasteiger partial charge in [0.05, 0.1) is 4.90 Å². The normalized spacial score (nSPS) is 11.5. The Morgan fingerprint density at radius 1 is 1.19 bits per heavy atom. The summed E-state index contributed by atoms with van der Waals surface area (Å²) in [5.41, 5.74) is 1.78. The lowest BCUT2D eigenvalue weighted by Crippen LogP contribution is -2.23. The molecule has 0 aliphatic carbocycles. The summed E-state index contributed by atoms with van der Waals surface area (Å²) in [7, 11) is -1.84. The van der Waals surface area contributed by atoms with Gasteiger partial charge >= 0.3 is 0 Å². The number of ether oxygens (including phenoxy) is 1. The molecule has 1 N–H and O–H groups in total. The predicted molar refractivity (Wildman–Crippen MR) is 94.8 cm³/mol. The fourth-order valence-electron chi connectivity index (χ4n) is 2.29. The molecular formula is C17H19N5O3S. The minimum Gasteiger partial charge on any atom is -0.486 e. The standard InChI is InChI=1S/C17H19N5O3S/c1-13-7-14(9-18-8-13)10-21-26(23,24)16-5-3-15(4-6-16)25-11-17-19-12-20-22(17)2/h3-9,12,21H,10-11H2,1-2H3. The summed E-state index contributed by atoms with van der Waals surface area (Å²) in [6.07, 6.45) is 4.81. The second-order valence-electron chi connectivity index (χ2n) is 5.76. The Bertz CT molecular complexity index is 984. The van der Waals surface area contributed by atoms with Crippen LogP contribution in [-0.2, 0) is 30.2 Å². The first-order valence-corrected chi connectivity index (χ1v) is 9.38. The summed E-state index contributed by atoms with van der Waals surface area (Å²) >= 11 is 0. The number of benzene rings is 1. The van der Waals surface area contributed by atoms with E-state index in [1.807, 2.05) is 13.0 Å². The number of nitrogens with zero attached hydrogens (tertiary/aromatic N) is 4. The van der Waals surface area contributed by atoms with Crippen molar-refractivity contribution in [1.82, 2.24) is 24.5 Å². The highest BCUT2D eigenvalue weighted by Gasteiger charge is 2.14. The molecule has 0 saturated carbocycles. The summed E-state index contributed by atoms with van der Waals surface area (Å²) in [6.45, 7) is 2.34. The lowest BCUT2D eigenvalue weighted by atomic mass is 10.2. The van der Waals surface area contributed by atoms with Gasteiger partial charge < -0.3 is 4.74 Å². The van der Waals surface area contributed by atoms with Crippen LogP contribution in [0.3, 0.4) is 0 Å². The average molecular weight is 373 g/mol. The van der Waals surface area contributed by atoms with Gasteiger partial charge in [-0.2, -0.15) is 5.10 Å². The Kier molecular flexibility index (Phi) is 5.29. The molecule has 0 saturated heterocycles. The highest BCUT2D eigenvalue weighted by molar-refractivity contribution is 7.89. The number of aryl methyl sites for hydroxylation is 2. The van der Waals surface area contributed by atoms with E-state index < -0.39 is 10.0 Å². The van der Waals surface area contributed by atoms with Crippen LogP contribution in [0.1, 0.15) is 17.0 Å². The van der Waals surface area contributed by atoms with Crippen LogP contribution >= 0.6 is 0 Å². The highest BCUT2D eigenvalue weighted by atomic mass is 32.2. The lowest BCUT2D eigenvalue weighted by Gasteiger charge is -2.09. The number of rotatable bonds is 7. The van der Waals surface area contributed by atoms with Crippen molar-refractivity contribution >= 4 is 10.0 Å². The third-order valence-corrected chi connectivity index (χ3v) is 5.12. The van der Waals surface area contributed by atoms with Crippen molar-refractivity contribution in [1.29, 1.82) is 0 Å². The van der Waals surface area contributed by atoms with Gasteiger partial charge in [0.2, 0.25) is 10.0 Å². The van der Waals surface area contributed by atoms with Crippen molar-refractivity contribution in [2.75, 3.05) is 0 Å². The molecule has 0 amide bonds. The highest BCUT2D eigenvalue weighted by Crippen LogP contribution is 2.17. The number of aromatic nitrogens is 4. The summed E-state index contributed by atoms with van der Waals surface area (Å²) in [4.78, 5) is 8.29. The minimum absolute atomic E-state index is 0.170. The van der Waals surface area contributed by atoms with Crippen molar-refractivity contribution in [3.8, 4) is 5.75 Å². The molecule has 0 aliphatic rings. The first-order chi connectivity index (χ1) is 12.4. The van der Waals surface area contributed by atoms with Crippen LogP contribution in [0.15, 0.2) is 53.9 Å². The van der Waals surface area contributed by atoms with Crippen LogP contribution in [0.2, 0.25) is 0 Å². The Hall–Kier alpha value is -2.78. The van der Waals surface area contributed by atoms with Gasteiger partial charge in [0.15, 0.2) is 5.82 Å². The largest absolute Gasteiger partial charge is 0.486 e. The van der Waals surface area contributed by atoms with E-state index in [9.17, 15) is 8.42 Å². The lowest BCUT2D eigenvalue weighted by molar-refractivity contribution is 0.289. The van der Waals surface area contributed by atoms with Crippen LogP contribution in [0.5, 0.6) is 5.75 Å². The van der Waals surface area contributed by atoms with E-state index >= 15 is 0 Å². The van der Waals surface area contributed by atoms with Crippen molar-refractivity contribution in [2.24, 2.45) is 7.05 Å². The summed E-state index contributed by atoms with van der Waals surface area (Å²) in [5.74, 6) is 1.23. The SMILES string of the molecule is Cc1cncc(CNS(=O)(=O)c2ccc(OCc3ncnn3C)cc2)c1. The van der Waals surface area contributed by atoms with Gasteiger partial charge in [0.25, 0.3) is 0 Å². The Balaban J connectivity index is 1.62. The maximum Gasteiger partial charge on any atom is 0.240 e. The maximum atomic E-state index is 12.4. The Morgan fingerprint density at radius 2 is 1.96 bits per heavy atom. The van der Waals surface area contributed by atoms with E-state index in [0.717, 1.165) is 11.1 Å². The first kappa shape index (κ1) is 18.0. The molecule has 26 heavy (non-hydrogen) atoms. The second kappa shape index (κ2) is 7.63. The molecule has 0 bridgehead atoms. The second-order valence-corrected chi connectivity index (χ2v) is 7.52. The molecule has 3 aromatic rings. The molecule has 8 nitrogen and oxygen atoms in total. The van der Waals surface area contributed by atoms with Crippen LogP contribution in [0.25, 0.3) is 0 Å². The number of hydrogen-bond acceptors (Lipinski definition) is 6. The zero-order valence-corrected chi connectivity index (χ0v) is 15.3. The van der Waals surface area contributed by atoms with E-state index in [4.69, 9.17) is 4.74 Å². The topological polar surface area (TPSA) is 99.0 Å². The smallest absolute Gasteiger partial charge is 0.240 e. The first-order valence-electron chi connectivity index (χ1n) is 7.90. The van der Waals surface area contributed by atoms with Gasteiger partial charge in [-0.25, -0.2) is 18.1 Å². The molecule has 0 aliphatic heterocycles. The number of hydrogen-bond donors (Lipinski definition) is 1. The van der Waals surface area contributed by atoms with E-state index in [1.165, 1.54) is 18.5 Å². The zero-order chi connectivity index (χ0) is 18.6. The van der Waals surface area contributed by atoms with E-state index in [1.54, 1.807) is 36.3 Å². The van der Waals surface area contributed by atoms with Crippen molar-refractivity contribution in [3.05, 3.63) is 66.0 Å². The number of pyridine rings is 1. The van der Waals surface area contributed by atoms with Gasteiger partial charge in [-0.1, -0.05) is 6.07 Å². The van der Waals surface area contributed by atoms with Crippen LogP contribution in [0, 0.1) is 6.92 Å².